The normalized spacial score (nSPS) is 12.8. The number of nitrogens with one attached hydrogen (secondary N) is 1. The summed E-state index contributed by atoms with van der Waals surface area (Å²) in [5, 5.41) is 0.697. The summed E-state index contributed by atoms with van der Waals surface area (Å²) >= 11 is 3.37. The van der Waals surface area contributed by atoms with Crippen LogP contribution in [0.1, 0.15) is 17.4 Å². The third-order valence-electron chi connectivity index (χ3n) is 3.01. The van der Waals surface area contributed by atoms with Crippen LogP contribution in [0.2, 0.25) is 0 Å². The van der Waals surface area contributed by atoms with E-state index in [1.54, 1.807) is 24.5 Å². The van der Waals surface area contributed by atoms with Gasteiger partial charge in [-0.05, 0) is 51.8 Å². The third-order valence-corrected chi connectivity index (χ3v) is 3.44. The van der Waals surface area contributed by atoms with Gasteiger partial charge in [0.2, 0.25) is 0 Å². The quantitative estimate of drug-likeness (QED) is 0.569. The van der Waals surface area contributed by atoms with Crippen molar-refractivity contribution in [3.63, 3.8) is 0 Å². The molecular formula is C14H11BrFN3O. The lowest BCUT2D eigenvalue weighted by atomic mass is 10.1. The van der Waals surface area contributed by atoms with Crippen molar-refractivity contribution in [2.45, 2.75) is 6.04 Å². The number of pyridine rings is 1. The minimum atomic E-state index is -0.351. The van der Waals surface area contributed by atoms with Gasteiger partial charge in [0, 0.05) is 22.3 Å². The van der Waals surface area contributed by atoms with E-state index in [-0.39, 0.29) is 11.9 Å². The lowest BCUT2D eigenvalue weighted by Gasteiger charge is -2.13. The number of benzene rings is 1. The molecule has 0 fully saturated rings. The Morgan fingerprint density at radius 1 is 1.25 bits per heavy atom. The van der Waals surface area contributed by atoms with Crippen LogP contribution in [-0.2, 0) is 0 Å². The fourth-order valence-electron chi connectivity index (χ4n) is 2.11. The van der Waals surface area contributed by atoms with Crippen LogP contribution in [0.3, 0.4) is 0 Å². The molecule has 0 aliphatic carbocycles. The van der Waals surface area contributed by atoms with Crippen LogP contribution in [0.4, 0.5) is 4.39 Å². The van der Waals surface area contributed by atoms with Crippen molar-refractivity contribution in [1.29, 1.82) is 0 Å². The molecule has 3 rings (SSSR count). The van der Waals surface area contributed by atoms with Crippen molar-refractivity contribution < 1.29 is 8.81 Å². The fraction of sp³-hybridized carbons (Fsp3) is 0.0714. The first-order chi connectivity index (χ1) is 9.67. The number of halogens is 2. The molecule has 0 saturated heterocycles. The monoisotopic (exact) mass is 335 g/mol. The summed E-state index contributed by atoms with van der Waals surface area (Å²) in [5.74, 6) is 5.92. The molecule has 0 radical (unpaired) electrons. The molecule has 6 heteroatoms. The second-order valence-corrected chi connectivity index (χ2v) is 5.28. The van der Waals surface area contributed by atoms with Gasteiger partial charge in [-0.25, -0.2) is 9.82 Å². The van der Waals surface area contributed by atoms with Crippen molar-refractivity contribution in [1.82, 2.24) is 10.4 Å². The number of nitrogens with two attached hydrogens (primary N) is 1. The minimum Gasteiger partial charge on any atom is -0.459 e. The molecule has 2 aromatic heterocycles. The molecule has 3 N–H and O–H groups in total. The zero-order valence-electron chi connectivity index (χ0n) is 10.3. The Bertz CT molecular complexity index is 759. The number of rotatable bonds is 3. The maximum absolute atomic E-state index is 13.2. The Kier molecular flexibility index (Phi) is 3.52. The molecule has 2 heterocycles. The van der Waals surface area contributed by atoms with Gasteiger partial charge in [-0.1, -0.05) is 0 Å². The van der Waals surface area contributed by atoms with Gasteiger partial charge >= 0.3 is 0 Å². The van der Waals surface area contributed by atoms with Gasteiger partial charge in [-0.2, -0.15) is 0 Å². The Morgan fingerprint density at radius 2 is 2.10 bits per heavy atom. The van der Waals surface area contributed by atoms with Crippen LogP contribution in [0.5, 0.6) is 0 Å². The topological polar surface area (TPSA) is 64.1 Å². The molecule has 0 aliphatic rings. The highest BCUT2D eigenvalue weighted by Gasteiger charge is 2.18. The van der Waals surface area contributed by atoms with Crippen molar-refractivity contribution >= 4 is 26.9 Å². The molecule has 4 nitrogen and oxygen atoms in total. The molecule has 3 aromatic rings. The second-order valence-electron chi connectivity index (χ2n) is 4.37. The third kappa shape index (κ3) is 2.45. The van der Waals surface area contributed by atoms with Crippen LogP contribution < -0.4 is 11.3 Å². The molecule has 1 aromatic carbocycles. The number of hydrogen-bond acceptors (Lipinski definition) is 4. The van der Waals surface area contributed by atoms with Gasteiger partial charge in [-0.3, -0.25) is 10.8 Å². The predicted octanol–water partition coefficient (Wildman–Crippen LogP) is 3.28. The Morgan fingerprint density at radius 3 is 2.85 bits per heavy atom. The van der Waals surface area contributed by atoms with E-state index >= 15 is 0 Å². The molecule has 102 valence electrons. The average Bonchev–Trinajstić information content (AvgIpc) is 2.82. The number of aromatic nitrogens is 1. The van der Waals surface area contributed by atoms with E-state index < -0.39 is 0 Å². The van der Waals surface area contributed by atoms with E-state index in [0.717, 1.165) is 10.0 Å². The van der Waals surface area contributed by atoms with Gasteiger partial charge in [0.25, 0.3) is 0 Å². The molecule has 1 unspecified atom stereocenters. The first-order valence-electron chi connectivity index (χ1n) is 5.93. The zero-order chi connectivity index (χ0) is 14.1. The van der Waals surface area contributed by atoms with Crippen LogP contribution >= 0.6 is 15.9 Å². The van der Waals surface area contributed by atoms with Crippen LogP contribution in [0.25, 0.3) is 11.0 Å². The fourth-order valence-corrected chi connectivity index (χ4v) is 2.49. The first kappa shape index (κ1) is 13.2. The summed E-state index contributed by atoms with van der Waals surface area (Å²) in [6.45, 7) is 0. The van der Waals surface area contributed by atoms with E-state index in [2.05, 4.69) is 26.3 Å². The molecule has 0 bridgehead atoms. The first-order valence-corrected chi connectivity index (χ1v) is 6.72. The van der Waals surface area contributed by atoms with Crippen LogP contribution in [0, 0.1) is 5.82 Å². The zero-order valence-corrected chi connectivity index (χ0v) is 11.9. The Hall–Kier alpha value is -1.76. The van der Waals surface area contributed by atoms with E-state index in [4.69, 9.17) is 10.3 Å². The van der Waals surface area contributed by atoms with Crippen LogP contribution in [-0.4, -0.2) is 4.98 Å². The van der Waals surface area contributed by atoms with Crippen molar-refractivity contribution in [3.8, 4) is 0 Å². The van der Waals surface area contributed by atoms with Crippen molar-refractivity contribution in [3.05, 3.63) is 64.3 Å². The summed E-state index contributed by atoms with van der Waals surface area (Å²) in [7, 11) is 0. The maximum Gasteiger partial charge on any atom is 0.134 e. The van der Waals surface area contributed by atoms with Gasteiger partial charge in [0.15, 0.2) is 0 Å². The molecular weight excluding hydrogens is 325 g/mol. The summed E-state index contributed by atoms with van der Waals surface area (Å²) in [4.78, 5) is 4.10. The summed E-state index contributed by atoms with van der Waals surface area (Å²) in [6.07, 6.45) is 3.38. The van der Waals surface area contributed by atoms with Crippen LogP contribution in [0.15, 0.2) is 51.6 Å². The second kappa shape index (κ2) is 5.32. The Labute approximate surface area is 122 Å². The van der Waals surface area contributed by atoms with Gasteiger partial charge < -0.3 is 4.42 Å². The summed E-state index contributed by atoms with van der Waals surface area (Å²) in [6, 6.07) is 7.70. The molecule has 20 heavy (non-hydrogen) atoms. The molecule has 1 atom stereocenters. The highest BCUT2D eigenvalue weighted by Crippen LogP contribution is 2.28. The van der Waals surface area contributed by atoms with Gasteiger partial charge in [0.1, 0.15) is 23.2 Å². The molecule has 0 spiro atoms. The Balaban J connectivity index is 2.07. The lowest BCUT2D eigenvalue weighted by Crippen LogP contribution is -2.28. The maximum atomic E-state index is 13.2. The van der Waals surface area contributed by atoms with E-state index in [9.17, 15) is 4.39 Å². The highest BCUT2D eigenvalue weighted by molar-refractivity contribution is 9.10. The lowest BCUT2D eigenvalue weighted by molar-refractivity contribution is 0.476. The summed E-state index contributed by atoms with van der Waals surface area (Å²) < 4.78 is 19.8. The van der Waals surface area contributed by atoms with E-state index in [0.29, 0.717) is 16.7 Å². The number of hydrogen-bond donors (Lipinski definition) is 2. The largest absolute Gasteiger partial charge is 0.459 e. The average molecular weight is 336 g/mol. The molecule has 0 aliphatic heterocycles. The number of nitrogens with zero attached hydrogens (tertiary/aromatic N) is 1. The highest BCUT2D eigenvalue weighted by atomic mass is 79.9. The standard InChI is InChI=1S/C14H11BrFN3O/c15-10-3-9(6-18-7-10)14(19-17)13-5-8-4-11(16)1-2-12(8)20-13/h1-7,14,19H,17H2. The van der Waals surface area contributed by atoms with E-state index in [1.807, 2.05) is 6.07 Å². The minimum absolute atomic E-state index is 0.300. The van der Waals surface area contributed by atoms with Gasteiger partial charge in [0.05, 0.1) is 0 Å². The predicted molar refractivity (Wildman–Crippen MR) is 77.3 cm³/mol. The van der Waals surface area contributed by atoms with E-state index in [1.165, 1.54) is 12.1 Å². The number of furan rings is 1. The molecule has 0 amide bonds. The SMILES string of the molecule is NNC(c1cncc(Br)c1)c1cc2cc(F)ccc2o1. The van der Waals surface area contributed by atoms with Crippen molar-refractivity contribution in [2.75, 3.05) is 0 Å². The smallest absolute Gasteiger partial charge is 0.134 e. The van der Waals surface area contributed by atoms with Gasteiger partial charge in [-0.15, -0.1) is 0 Å². The molecule has 0 saturated carbocycles. The summed E-state index contributed by atoms with van der Waals surface area (Å²) in [5.41, 5.74) is 4.15. The van der Waals surface area contributed by atoms with Crippen molar-refractivity contribution in [2.24, 2.45) is 5.84 Å². The number of hydrazine groups is 1. The number of fused-ring (bicyclic) bond motifs is 1.